The number of anilines is 2. The van der Waals surface area contributed by atoms with Crippen LogP contribution >= 0.6 is 11.3 Å². The van der Waals surface area contributed by atoms with Gasteiger partial charge in [0, 0.05) is 29.9 Å². The van der Waals surface area contributed by atoms with Crippen molar-refractivity contribution in [3.63, 3.8) is 0 Å². The minimum Gasteiger partial charge on any atom is -0.375 e. The van der Waals surface area contributed by atoms with Crippen LogP contribution in [0.3, 0.4) is 0 Å². The van der Waals surface area contributed by atoms with Crippen molar-refractivity contribution in [1.29, 1.82) is 0 Å². The molecule has 0 spiro atoms. The summed E-state index contributed by atoms with van der Waals surface area (Å²) in [4.78, 5) is 22.3. The van der Waals surface area contributed by atoms with Crippen molar-refractivity contribution in [2.75, 3.05) is 18.1 Å². The molecular formula is C17H17N5OS. The Kier molecular flexibility index (Phi) is 4.72. The molecule has 3 rings (SSSR count). The Bertz CT molecular complexity index is 817. The second-order valence-electron chi connectivity index (χ2n) is 5.26. The molecule has 2 aromatic heterocycles. The third-order valence-electron chi connectivity index (χ3n) is 3.43. The Balaban J connectivity index is 1.62. The Morgan fingerprint density at radius 1 is 1.25 bits per heavy atom. The van der Waals surface area contributed by atoms with Gasteiger partial charge in [-0.25, -0.2) is 9.78 Å². The smallest absolute Gasteiger partial charge is 0.321 e. The summed E-state index contributed by atoms with van der Waals surface area (Å²) in [5.41, 5.74) is 9.01. The molecule has 2 heterocycles. The average molecular weight is 339 g/mol. The largest absolute Gasteiger partial charge is 0.375 e. The van der Waals surface area contributed by atoms with Crippen molar-refractivity contribution in [1.82, 2.24) is 14.9 Å². The van der Waals surface area contributed by atoms with E-state index in [1.165, 1.54) is 11.3 Å². The molecule has 0 saturated carbocycles. The van der Waals surface area contributed by atoms with Crippen LogP contribution in [0.15, 0.2) is 54.0 Å². The van der Waals surface area contributed by atoms with Gasteiger partial charge in [-0.2, -0.15) is 0 Å². The summed E-state index contributed by atoms with van der Waals surface area (Å²) >= 11 is 1.40. The number of pyridine rings is 1. The van der Waals surface area contributed by atoms with Crippen LogP contribution < -0.4 is 11.1 Å². The number of carbonyl (C=O) groups excluding carboxylic acids is 1. The number of hydrogen-bond acceptors (Lipinski definition) is 5. The van der Waals surface area contributed by atoms with E-state index in [2.05, 4.69) is 15.3 Å². The van der Waals surface area contributed by atoms with Crippen molar-refractivity contribution in [3.05, 3.63) is 59.7 Å². The zero-order valence-electron chi connectivity index (χ0n) is 13.1. The monoisotopic (exact) mass is 339 g/mol. The number of hydrogen-bond donors (Lipinski definition) is 2. The van der Waals surface area contributed by atoms with Gasteiger partial charge in [0.2, 0.25) is 0 Å². The maximum absolute atomic E-state index is 12.2. The first kappa shape index (κ1) is 15.9. The molecule has 122 valence electrons. The number of nitrogens with zero attached hydrogens (tertiary/aromatic N) is 3. The summed E-state index contributed by atoms with van der Waals surface area (Å²) in [6.07, 6.45) is 1.71. The van der Waals surface area contributed by atoms with E-state index in [-0.39, 0.29) is 6.03 Å². The molecule has 0 saturated heterocycles. The van der Waals surface area contributed by atoms with Crippen LogP contribution in [0.5, 0.6) is 0 Å². The van der Waals surface area contributed by atoms with Crippen molar-refractivity contribution in [2.45, 2.75) is 6.54 Å². The minimum absolute atomic E-state index is 0.189. The molecule has 3 aromatic rings. The summed E-state index contributed by atoms with van der Waals surface area (Å²) < 4.78 is 0. The molecule has 0 aliphatic carbocycles. The van der Waals surface area contributed by atoms with E-state index in [0.717, 1.165) is 22.6 Å². The number of aromatic nitrogens is 2. The summed E-state index contributed by atoms with van der Waals surface area (Å²) in [5.74, 6) is 0. The highest BCUT2D eigenvalue weighted by Gasteiger charge is 2.10. The second-order valence-corrected chi connectivity index (χ2v) is 6.15. The lowest BCUT2D eigenvalue weighted by molar-refractivity contribution is 0.220. The highest BCUT2D eigenvalue weighted by atomic mass is 32.1. The number of nitrogens with two attached hydrogens (primary N) is 1. The van der Waals surface area contributed by atoms with Crippen LogP contribution in [0, 0.1) is 0 Å². The van der Waals surface area contributed by atoms with Gasteiger partial charge in [0.25, 0.3) is 0 Å². The number of amides is 2. The van der Waals surface area contributed by atoms with Gasteiger partial charge in [-0.05, 0) is 24.3 Å². The van der Waals surface area contributed by atoms with E-state index in [0.29, 0.717) is 11.7 Å². The fourth-order valence-corrected chi connectivity index (χ4v) is 2.74. The van der Waals surface area contributed by atoms with E-state index in [1.807, 2.05) is 47.8 Å². The number of urea groups is 1. The molecule has 0 bridgehead atoms. The van der Waals surface area contributed by atoms with Crippen LogP contribution in [0.4, 0.5) is 15.6 Å². The predicted molar refractivity (Wildman–Crippen MR) is 96.7 cm³/mol. The van der Waals surface area contributed by atoms with Crippen LogP contribution in [0.1, 0.15) is 5.69 Å². The molecule has 0 atom stereocenters. The molecule has 0 aliphatic heterocycles. The summed E-state index contributed by atoms with van der Waals surface area (Å²) in [5, 5.41) is 5.31. The van der Waals surface area contributed by atoms with E-state index in [1.54, 1.807) is 18.1 Å². The van der Waals surface area contributed by atoms with Gasteiger partial charge in [-0.15, -0.1) is 11.3 Å². The predicted octanol–water partition coefficient (Wildman–Crippen LogP) is 3.45. The van der Waals surface area contributed by atoms with Crippen LogP contribution in [-0.4, -0.2) is 27.9 Å². The molecule has 6 nitrogen and oxygen atoms in total. The standard InChI is InChI=1S/C17H17N5OS/c1-22(10-14-4-2-3-9-19-14)17(23)20-13-7-5-12(6-8-13)15-11-24-16(18)21-15/h2-9,11H,10H2,1H3,(H2,18,21)(H,20,23). The number of nitrogens with one attached hydrogen (secondary N) is 1. The SMILES string of the molecule is CN(Cc1ccccn1)C(=O)Nc1ccc(-c2csc(N)n2)cc1. The fraction of sp³-hybridized carbons (Fsp3) is 0.118. The summed E-state index contributed by atoms with van der Waals surface area (Å²) in [6.45, 7) is 0.447. The van der Waals surface area contributed by atoms with Crippen LogP contribution in [0.25, 0.3) is 11.3 Å². The van der Waals surface area contributed by atoms with Crippen molar-refractivity contribution < 1.29 is 4.79 Å². The van der Waals surface area contributed by atoms with Gasteiger partial charge in [0.15, 0.2) is 5.13 Å². The van der Waals surface area contributed by atoms with Gasteiger partial charge in [-0.1, -0.05) is 18.2 Å². The molecule has 0 unspecified atom stereocenters. The Hall–Kier alpha value is -2.93. The first-order valence-corrected chi connectivity index (χ1v) is 8.23. The average Bonchev–Trinajstić information content (AvgIpc) is 3.03. The Morgan fingerprint density at radius 3 is 2.67 bits per heavy atom. The van der Waals surface area contributed by atoms with Crippen molar-refractivity contribution in [3.8, 4) is 11.3 Å². The quantitative estimate of drug-likeness (QED) is 0.762. The molecule has 0 aliphatic rings. The highest BCUT2D eigenvalue weighted by molar-refractivity contribution is 7.13. The fourth-order valence-electron chi connectivity index (χ4n) is 2.17. The molecule has 7 heteroatoms. The maximum Gasteiger partial charge on any atom is 0.321 e. The van der Waals surface area contributed by atoms with E-state index >= 15 is 0 Å². The number of nitrogen functional groups attached to an aromatic ring is 1. The number of thiazole rings is 1. The van der Waals surface area contributed by atoms with Crippen molar-refractivity contribution in [2.24, 2.45) is 0 Å². The third kappa shape index (κ3) is 3.88. The van der Waals surface area contributed by atoms with Gasteiger partial charge in [-0.3, -0.25) is 4.98 Å². The van der Waals surface area contributed by atoms with Gasteiger partial charge in [0.1, 0.15) is 0 Å². The lowest BCUT2D eigenvalue weighted by Crippen LogP contribution is -2.31. The van der Waals surface area contributed by atoms with Crippen molar-refractivity contribution >= 4 is 28.2 Å². The van der Waals surface area contributed by atoms with Gasteiger partial charge >= 0.3 is 6.03 Å². The minimum atomic E-state index is -0.189. The summed E-state index contributed by atoms with van der Waals surface area (Å²) in [7, 11) is 1.73. The molecule has 0 fully saturated rings. The molecule has 24 heavy (non-hydrogen) atoms. The normalized spacial score (nSPS) is 10.4. The Labute approximate surface area is 144 Å². The van der Waals surface area contributed by atoms with Gasteiger partial charge in [0.05, 0.1) is 17.9 Å². The van der Waals surface area contributed by atoms with E-state index in [4.69, 9.17) is 5.73 Å². The third-order valence-corrected chi connectivity index (χ3v) is 4.10. The van der Waals surface area contributed by atoms with E-state index < -0.39 is 0 Å². The summed E-state index contributed by atoms with van der Waals surface area (Å²) in [6, 6.07) is 12.9. The zero-order valence-corrected chi connectivity index (χ0v) is 14.0. The first-order chi connectivity index (χ1) is 11.6. The molecule has 2 amide bonds. The zero-order chi connectivity index (χ0) is 16.9. The number of carbonyl (C=O) groups is 1. The molecule has 1 aromatic carbocycles. The maximum atomic E-state index is 12.2. The molecule has 3 N–H and O–H groups in total. The van der Waals surface area contributed by atoms with E-state index in [9.17, 15) is 4.79 Å². The Morgan fingerprint density at radius 2 is 2.04 bits per heavy atom. The molecular weight excluding hydrogens is 322 g/mol. The van der Waals surface area contributed by atoms with Gasteiger partial charge < -0.3 is 16.0 Å². The lowest BCUT2D eigenvalue weighted by atomic mass is 10.1. The molecule has 0 radical (unpaired) electrons. The lowest BCUT2D eigenvalue weighted by Gasteiger charge is -2.17. The number of rotatable bonds is 4. The second kappa shape index (κ2) is 7.10. The van der Waals surface area contributed by atoms with Crippen LogP contribution in [0.2, 0.25) is 0 Å². The first-order valence-electron chi connectivity index (χ1n) is 7.35. The topological polar surface area (TPSA) is 84.1 Å². The number of benzene rings is 1. The van der Waals surface area contributed by atoms with Crippen LogP contribution in [-0.2, 0) is 6.54 Å². The highest BCUT2D eigenvalue weighted by Crippen LogP contribution is 2.24.